The number of benzene rings is 1. The maximum absolute atomic E-state index is 12.1. The molecule has 1 aromatic heterocycles. The molecule has 8 heteroatoms. The van der Waals surface area contributed by atoms with Crippen LogP contribution in [0.3, 0.4) is 0 Å². The van der Waals surface area contributed by atoms with Crippen molar-refractivity contribution >= 4 is 44.8 Å². The van der Waals surface area contributed by atoms with Crippen LogP contribution in [-0.2, 0) is 11.2 Å². The normalized spacial score (nSPS) is 11.3. The highest BCUT2D eigenvalue weighted by atomic mass is 79.9. The summed E-state index contributed by atoms with van der Waals surface area (Å²) >= 11 is 5.08. The molecule has 2 aromatic rings. The van der Waals surface area contributed by atoms with Gasteiger partial charge in [-0.25, -0.2) is 4.98 Å². The number of carbonyl (C=O) groups excluding carboxylic acids is 1. The smallest absolute Gasteiger partial charge is 0.226 e. The lowest BCUT2D eigenvalue weighted by atomic mass is 10.2. The number of amides is 1. The summed E-state index contributed by atoms with van der Waals surface area (Å²) in [6.45, 7) is 5.22. The molecule has 0 aliphatic heterocycles. The molecule has 2 rings (SSSR count). The van der Waals surface area contributed by atoms with E-state index < -0.39 is 0 Å². The van der Waals surface area contributed by atoms with Crippen molar-refractivity contribution in [2.45, 2.75) is 26.7 Å². The molecule has 26 heavy (non-hydrogen) atoms. The number of hydrogen-bond acceptors (Lipinski definition) is 4. The van der Waals surface area contributed by atoms with Crippen LogP contribution in [0.25, 0.3) is 0 Å². The Bertz CT molecular complexity index is 775. The summed E-state index contributed by atoms with van der Waals surface area (Å²) in [5.41, 5.74) is 2.94. The minimum absolute atomic E-state index is 0.0312. The number of aromatic nitrogens is 1. The van der Waals surface area contributed by atoms with Gasteiger partial charge >= 0.3 is 0 Å². The molecular weight excluding hydrogens is 414 g/mol. The molecule has 140 valence electrons. The number of hydrogen-bond donors (Lipinski definition) is 3. The van der Waals surface area contributed by atoms with Gasteiger partial charge in [0.1, 0.15) is 0 Å². The maximum atomic E-state index is 12.1. The Kier molecular flexibility index (Phi) is 8.06. The second-order valence-corrected chi connectivity index (χ2v) is 7.77. The van der Waals surface area contributed by atoms with Gasteiger partial charge in [-0.15, -0.1) is 11.3 Å². The monoisotopic (exact) mass is 437 g/mol. The van der Waals surface area contributed by atoms with Gasteiger partial charge in [0, 0.05) is 48.5 Å². The third kappa shape index (κ3) is 6.76. The number of guanidine groups is 1. The summed E-state index contributed by atoms with van der Waals surface area (Å²) < 4.78 is 0.998. The van der Waals surface area contributed by atoms with Gasteiger partial charge in [0.2, 0.25) is 5.91 Å². The molecule has 0 bridgehead atoms. The Morgan fingerprint density at radius 1 is 1.27 bits per heavy atom. The Morgan fingerprint density at radius 3 is 2.69 bits per heavy atom. The van der Waals surface area contributed by atoms with E-state index in [0.717, 1.165) is 39.4 Å². The first-order valence-electron chi connectivity index (χ1n) is 8.39. The first-order valence-corrected chi connectivity index (χ1v) is 10.1. The van der Waals surface area contributed by atoms with Crippen molar-refractivity contribution in [3.05, 3.63) is 44.3 Å². The predicted octanol–water partition coefficient (Wildman–Crippen LogP) is 3.26. The van der Waals surface area contributed by atoms with E-state index in [1.807, 2.05) is 32.0 Å². The van der Waals surface area contributed by atoms with E-state index >= 15 is 0 Å². The highest BCUT2D eigenvalue weighted by Crippen LogP contribution is 2.20. The van der Waals surface area contributed by atoms with Gasteiger partial charge in [0.05, 0.1) is 10.7 Å². The van der Waals surface area contributed by atoms with E-state index in [4.69, 9.17) is 0 Å². The summed E-state index contributed by atoms with van der Waals surface area (Å²) in [6, 6.07) is 5.78. The largest absolute Gasteiger partial charge is 0.356 e. The molecule has 0 unspecified atom stereocenters. The van der Waals surface area contributed by atoms with Crippen molar-refractivity contribution in [3.8, 4) is 0 Å². The molecule has 6 nitrogen and oxygen atoms in total. The fraction of sp³-hybridized carbons (Fsp3) is 0.389. The predicted molar refractivity (Wildman–Crippen MR) is 112 cm³/mol. The van der Waals surface area contributed by atoms with Crippen LogP contribution in [0.5, 0.6) is 0 Å². The second kappa shape index (κ2) is 10.3. The van der Waals surface area contributed by atoms with Crippen LogP contribution in [0.4, 0.5) is 5.69 Å². The number of nitrogens with zero attached hydrogens (tertiary/aromatic N) is 2. The third-order valence-electron chi connectivity index (χ3n) is 3.67. The lowest BCUT2D eigenvalue weighted by Crippen LogP contribution is -2.39. The van der Waals surface area contributed by atoms with E-state index in [1.54, 1.807) is 18.4 Å². The van der Waals surface area contributed by atoms with Crippen LogP contribution < -0.4 is 16.0 Å². The number of carbonyl (C=O) groups is 1. The molecule has 0 radical (unpaired) electrons. The Balaban J connectivity index is 1.68. The SMILES string of the molecule is CN=C(NCCC(=O)Nc1ccc(Br)cc1C)NCCc1csc(C)n1. The molecule has 0 saturated carbocycles. The number of aryl methyl sites for hydroxylation is 2. The van der Waals surface area contributed by atoms with E-state index in [1.165, 1.54) is 0 Å². The van der Waals surface area contributed by atoms with Gasteiger partial charge in [0.25, 0.3) is 0 Å². The second-order valence-electron chi connectivity index (χ2n) is 5.79. The van der Waals surface area contributed by atoms with Crippen LogP contribution >= 0.6 is 27.3 Å². The van der Waals surface area contributed by atoms with Crippen molar-refractivity contribution < 1.29 is 4.79 Å². The molecule has 0 saturated heterocycles. The first kappa shape index (κ1) is 20.4. The van der Waals surface area contributed by atoms with Crippen molar-refractivity contribution in [2.24, 2.45) is 4.99 Å². The molecule has 1 amide bonds. The Morgan fingerprint density at radius 2 is 2.04 bits per heavy atom. The number of rotatable bonds is 7. The van der Waals surface area contributed by atoms with Crippen LogP contribution in [-0.4, -0.2) is 37.0 Å². The fourth-order valence-electron chi connectivity index (χ4n) is 2.33. The number of halogens is 1. The standard InChI is InChI=1S/C18H24BrN5OS/c1-12-10-14(19)4-5-16(12)24-17(25)7-9-22-18(20-3)21-8-6-15-11-26-13(2)23-15/h4-5,10-11H,6-9H2,1-3H3,(H,24,25)(H2,20,21,22). The van der Waals surface area contributed by atoms with Crippen molar-refractivity contribution in [1.29, 1.82) is 0 Å². The summed E-state index contributed by atoms with van der Waals surface area (Å²) in [6.07, 6.45) is 1.20. The van der Waals surface area contributed by atoms with Crippen LogP contribution in [0.15, 0.2) is 33.0 Å². The van der Waals surface area contributed by atoms with E-state index in [-0.39, 0.29) is 5.91 Å². The summed E-state index contributed by atoms with van der Waals surface area (Å²) in [5.74, 6) is 0.654. The lowest BCUT2D eigenvalue weighted by molar-refractivity contribution is -0.116. The molecule has 0 aliphatic carbocycles. The number of anilines is 1. The third-order valence-corrected chi connectivity index (χ3v) is 4.99. The van der Waals surface area contributed by atoms with E-state index in [9.17, 15) is 4.79 Å². The lowest BCUT2D eigenvalue weighted by Gasteiger charge is -2.12. The minimum atomic E-state index is -0.0312. The average Bonchev–Trinajstić information content (AvgIpc) is 3.01. The van der Waals surface area contributed by atoms with E-state index in [2.05, 4.69) is 47.2 Å². The average molecular weight is 438 g/mol. The molecule has 0 aliphatic rings. The number of aliphatic imine (C=N–C) groups is 1. The number of thiazole rings is 1. The minimum Gasteiger partial charge on any atom is -0.356 e. The molecular formula is C18H24BrN5OS. The fourth-order valence-corrected chi connectivity index (χ4v) is 3.45. The van der Waals surface area contributed by atoms with Crippen LogP contribution in [0.1, 0.15) is 22.7 Å². The zero-order valence-corrected chi connectivity index (χ0v) is 17.6. The van der Waals surface area contributed by atoms with Gasteiger partial charge in [-0.2, -0.15) is 0 Å². The first-order chi connectivity index (χ1) is 12.5. The quantitative estimate of drug-likeness (QED) is 0.458. The Hall–Kier alpha value is -1.93. The number of nitrogens with one attached hydrogen (secondary N) is 3. The molecule has 0 atom stereocenters. The van der Waals surface area contributed by atoms with Crippen LogP contribution in [0.2, 0.25) is 0 Å². The highest BCUT2D eigenvalue weighted by Gasteiger charge is 2.06. The van der Waals surface area contributed by atoms with Gasteiger partial charge in [-0.05, 0) is 37.6 Å². The van der Waals surface area contributed by atoms with Crippen molar-refractivity contribution in [2.75, 3.05) is 25.5 Å². The summed E-state index contributed by atoms with van der Waals surface area (Å²) in [4.78, 5) is 20.7. The molecule has 0 spiro atoms. The molecule has 1 aromatic carbocycles. The zero-order valence-electron chi connectivity index (χ0n) is 15.2. The zero-order chi connectivity index (χ0) is 18.9. The van der Waals surface area contributed by atoms with Gasteiger partial charge in [-0.1, -0.05) is 15.9 Å². The van der Waals surface area contributed by atoms with Crippen molar-refractivity contribution in [1.82, 2.24) is 15.6 Å². The maximum Gasteiger partial charge on any atom is 0.226 e. The highest BCUT2D eigenvalue weighted by molar-refractivity contribution is 9.10. The molecule has 1 heterocycles. The molecule has 0 fully saturated rings. The van der Waals surface area contributed by atoms with E-state index in [0.29, 0.717) is 18.9 Å². The van der Waals surface area contributed by atoms with Crippen molar-refractivity contribution in [3.63, 3.8) is 0 Å². The summed E-state index contributed by atoms with van der Waals surface area (Å²) in [5, 5.41) is 12.5. The van der Waals surface area contributed by atoms with Gasteiger partial charge < -0.3 is 16.0 Å². The Labute approximate surface area is 166 Å². The van der Waals surface area contributed by atoms with Crippen LogP contribution in [0, 0.1) is 13.8 Å². The molecule has 3 N–H and O–H groups in total. The summed E-state index contributed by atoms with van der Waals surface area (Å²) in [7, 11) is 1.72. The van der Waals surface area contributed by atoms with Gasteiger partial charge in [-0.3, -0.25) is 9.79 Å². The van der Waals surface area contributed by atoms with Gasteiger partial charge in [0.15, 0.2) is 5.96 Å². The topological polar surface area (TPSA) is 78.4 Å².